The number of aromatic nitrogens is 1. The van der Waals surface area contributed by atoms with E-state index in [1.165, 1.54) is 12.8 Å². The molecule has 1 aliphatic heterocycles. The van der Waals surface area contributed by atoms with Gasteiger partial charge in [0.15, 0.2) is 0 Å². The smallest absolute Gasteiger partial charge is 0.208 e. The van der Waals surface area contributed by atoms with E-state index in [-0.39, 0.29) is 4.90 Å². The summed E-state index contributed by atoms with van der Waals surface area (Å²) in [5.41, 5.74) is 0.725. The van der Waals surface area contributed by atoms with Crippen molar-refractivity contribution < 1.29 is 13.2 Å². The first kappa shape index (κ1) is 17.1. The van der Waals surface area contributed by atoms with Crippen molar-refractivity contribution in [1.82, 2.24) is 9.88 Å². The van der Waals surface area contributed by atoms with Crippen LogP contribution in [0.1, 0.15) is 12.8 Å². The van der Waals surface area contributed by atoms with Gasteiger partial charge in [0.1, 0.15) is 12.4 Å². The molecule has 2 heterocycles. The second-order valence-electron chi connectivity index (χ2n) is 6.55. The van der Waals surface area contributed by atoms with Crippen LogP contribution in [0.2, 0.25) is 0 Å². The number of likely N-dealkylation sites (tertiary alicyclic amines) is 1. The normalized spacial score (nSPS) is 15.5. The summed E-state index contributed by atoms with van der Waals surface area (Å²) < 4.78 is 31.8. The number of aromatic amines is 1. The van der Waals surface area contributed by atoms with Crippen LogP contribution in [-0.2, 0) is 9.84 Å². The number of hydrogen-bond donors (Lipinski definition) is 1. The number of nitrogens with zero attached hydrogens (tertiary/aromatic N) is 1. The molecule has 0 unspecified atom stereocenters. The van der Waals surface area contributed by atoms with E-state index in [1.807, 2.05) is 18.2 Å². The zero-order valence-electron chi connectivity index (χ0n) is 14.5. The van der Waals surface area contributed by atoms with E-state index in [4.69, 9.17) is 4.74 Å². The molecular formula is C20H22N2O3S. The summed E-state index contributed by atoms with van der Waals surface area (Å²) in [6.45, 7) is 3.76. The Hall–Kier alpha value is -2.31. The lowest BCUT2D eigenvalue weighted by atomic mass is 10.2. The van der Waals surface area contributed by atoms with Crippen molar-refractivity contribution in [2.24, 2.45) is 0 Å². The number of nitrogens with one attached hydrogen (secondary N) is 1. The largest absolute Gasteiger partial charge is 0.490 e. The third kappa shape index (κ3) is 3.22. The molecule has 2 aromatic carbocycles. The highest BCUT2D eigenvalue weighted by molar-refractivity contribution is 7.91. The minimum Gasteiger partial charge on any atom is -0.490 e. The van der Waals surface area contributed by atoms with Crippen LogP contribution < -0.4 is 4.74 Å². The number of para-hydroxylation sites is 1. The van der Waals surface area contributed by atoms with Crippen molar-refractivity contribution >= 4 is 20.7 Å². The van der Waals surface area contributed by atoms with Gasteiger partial charge in [-0.05, 0) is 44.1 Å². The van der Waals surface area contributed by atoms with Gasteiger partial charge in [0.2, 0.25) is 9.84 Å². The van der Waals surface area contributed by atoms with Gasteiger partial charge in [-0.1, -0.05) is 30.3 Å². The highest BCUT2D eigenvalue weighted by atomic mass is 32.2. The minimum atomic E-state index is -3.57. The number of H-pyrrole nitrogens is 1. The van der Waals surface area contributed by atoms with Crippen molar-refractivity contribution in [2.45, 2.75) is 22.6 Å². The second-order valence-corrected chi connectivity index (χ2v) is 8.46. The van der Waals surface area contributed by atoms with Gasteiger partial charge in [0.05, 0.1) is 15.3 Å². The van der Waals surface area contributed by atoms with Crippen LogP contribution in [0.5, 0.6) is 5.75 Å². The molecule has 6 heteroatoms. The lowest BCUT2D eigenvalue weighted by Crippen LogP contribution is -2.25. The Bertz CT molecular complexity index is 990. The van der Waals surface area contributed by atoms with Crippen molar-refractivity contribution in [2.75, 3.05) is 26.2 Å². The fraction of sp³-hybridized carbons (Fsp3) is 0.300. The predicted octanol–water partition coefficient (Wildman–Crippen LogP) is 3.48. The molecule has 1 aliphatic rings. The molecule has 136 valence electrons. The molecule has 0 spiro atoms. The van der Waals surface area contributed by atoms with Gasteiger partial charge in [-0.2, -0.15) is 0 Å². The fourth-order valence-corrected chi connectivity index (χ4v) is 4.90. The Labute approximate surface area is 153 Å². The number of ether oxygens (including phenoxy) is 1. The van der Waals surface area contributed by atoms with E-state index in [9.17, 15) is 8.42 Å². The van der Waals surface area contributed by atoms with Gasteiger partial charge in [-0.15, -0.1) is 0 Å². The molecule has 1 aromatic heterocycles. The van der Waals surface area contributed by atoms with Crippen molar-refractivity contribution in [3.05, 3.63) is 54.7 Å². The van der Waals surface area contributed by atoms with Gasteiger partial charge in [0, 0.05) is 18.1 Å². The zero-order valence-corrected chi connectivity index (χ0v) is 15.3. The quantitative estimate of drug-likeness (QED) is 0.722. The summed E-state index contributed by atoms with van der Waals surface area (Å²) in [6, 6.07) is 14.0. The van der Waals surface area contributed by atoms with E-state index in [0.717, 1.165) is 25.2 Å². The minimum absolute atomic E-state index is 0.281. The van der Waals surface area contributed by atoms with Crippen LogP contribution >= 0.6 is 0 Å². The number of sulfone groups is 1. The van der Waals surface area contributed by atoms with E-state index in [2.05, 4.69) is 9.88 Å². The monoisotopic (exact) mass is 370 g/mol. The first-order chi connectivity index (χ1) is 12.7. The summed E-state index contributed by atoms with van der Waals surface area (Å²) in [5, 5.41) is 0.660. The molecule has 0 amide bonds. The molecular weight excluding hydrogens is 348 g/mol. The second kappa shape index (κ2) is 7.13. The molecule has 0 saturated carbocycles. The zero-order chi connectivity index (χ0) is 18.0. The Morgan fingerprint density at radius 2 is 1.77 bits per heavy atom. The van der Waals surface area contributed by atoms with Crippen molar-refractivity contribution in [3.63, 3.8) is 0 Å². The van der Waals surface area contributed by atoms with Crippen LogP contribution in [0.4, 0.5) is 0 Å². The maximum Gasteiger partial charge on any atom is 0.208 e. The average molecular weight is 370 g/mol. The molecule has 0 radical (unpaired) electrons. The van der Waals surface area contributed by atoms with E-state index >= 15 is 0 Å². The molecule has 5 nitrogen and oxygen atoms in total. The highest BCUT2D eigenvalue weighted by Crippen LogP contribution is 2.32. The van der Waals surface area contributed by atoms with Crippen LogP contribution in [-0.4, -0.2) is 44.5 Å². The number of hydrogen-bond acceptors (Lipinski definition) is 4. The topological polar surface area (TPSA) is 62.4 Å². The van der Waals surface area contributed by atoms with Gasteiger partial charge in [-0.25, -0.2) is 8.42 Å². The third-order valence-corrected chi connectivity index (χ3v) is 6.66. The van der Waals surface area contributed by atoms with Gasteiger partial charge >= 0.3 is 0 Å². The molecule has 1 N–H and O–H groups in total. The molecule has 0 aliphatic carbocycles. The summed E-state index contributed by atoms with van der Waals surface area (Å²) in [7, 11) is -3.57. The first-order valence-electron chi connectivity index (χ1n) is 8.92. The molecule has 26 heavy (non-hydrogen) atoms. The van der Waals surface area contributed by atoms with Crippen LogP contribution in [0.25, 0.3) is 10.9 Å². The fourth-order valence-electron chi connectivity index (χ4n) is 3.46. The average Bonchev–Trinajstić information content (AvgIpc) is 3.32. The van der Waals surface area contributed by atoms with Crippen molar-refractivity contribution in [1.29, 1.82) is 0 Å². The van der Waals surface area contributed by atoms with Gasteiger partial charge in [0.25, 0.3) is 0 Å². The SMILES string of the molecule is O=S(=O)(c1ccccc1)c1c[nH]c2c(OCCN3CCCC3)cccc12. The standard InChI is InChI=1S/C20H22N2O3S/c23-26(24,16-7-2-1-3-8-16)19-15-21-20-17(19)9-6-10-18(20)25-14-13-22-11-4-5-12-22/h1-3,6-10,15,21H,4-5,11-14H2. The summed E-state index contributed by atoms with van der Waals surface area (Å²) in [4.78, 5) is 6.06. The Morgan fingerprint density at radius 1 is 1.00 bits per heavy atom. The molecule has 4 rings (SSSR count). The Kier molecular flexibility index (Phi) is 4.70. The third-order valence-electron chi connectivity index (χ3n) is 4.85. The molecule has 1 saturated heterocycles. The Balaban J connectivity index is 1.60. The number of fused-ring (bicyclic) bond motifs is 1. The molecule has 0 bridgehead atoms. The van der Waals surface area contributed by atoms with E-state index in [0.29, 0.717) is 22.6 Å². The van der Waals surface area contributed by atoms with Crippen LogP contribution in [0.3, 0.4) is 0 Å². The lowest BCUT2D eigenvalue weighted by molar-refractivity contribution is 0.239. The van der Waals surface area contributed by atoms with Gasteiger partial charge in [-0.3, -0.25) is 4.90 Å². The van der Waals surface area contributed by atoms with E-state index < -0.39 is 9.84 Å². The summed E-state index contributed by atoms with van der Waals surface area (Å²) in [6.07, 6.45) is 4.07. The highest BCUT2D eigenvalue weighted by Gasteiger charge is 2.22. The van der Waals surface area contributed by atoms with Crippen LogP contribution in [0, 0.1) is 0 Å². The van der Waals surface area contributed by atoms with Crippen molar-refractivity contribution in [3.8, 4) is 5.75 Å². The van der Waals surface area contributed by atoms with Crippen LogP contribution in [0.15, 0.2) is 64.5 Å². The lowest BCUT2D eigenvalue weighted by Gasteiger charge is -2.15. The maximum atomic E-state index is 12.9. The predicted molar refractivity (Wildman–Crippen MR) is 101 cm³/mol. The van der Waals surface area contributed by atoms with Gasteiger partial charge < -0.3 is 9.72 Å². The summed E-state index contributed by atoms with van der Waals surface area (Å²) >= 11 is 0. The maximum absolute atomic E-state index is 12.9. The number of benzene rings is 2. The number of rotatable bonds is 6. The molecule has 1 fully saturated rings. The summed E-state index contributed by atoms with van der Waals surface area (Å²) in [5.74, 6) is 0.691. The molecule has 0 atom stereocenters. The Morgan fingerprint density at radius 3 is 2.54 bits per heavy atom. The first-order valence-corrected chi connectivity index (χ1v) is 10.4. The molecule has 3 aromatic rings. The van der Waals surface area contributed by atoms with E-state index in [1.54, 1.807) is 36.5 Å².